The average molecular weight is 256 g/mol. The Morgan fingerprint density at radius 1 is 1.00 bits per heavy atom. The van der Waals surface area contributed by atoms with E-state index in [-0.39, 0.29) is 6.10 Å². The van der Waals surface area contributed by atoms with E-state index >= 15 is 0 Å². The summed E-state index contributed by atoms with van der Waals surface area (Å²) in [7, 11) is 4.05. The molecule has 1 unspecified atom stereocenters. The topological polar surface area (TPSA) is 38.5 Å². The molecule has 0 saturated carbocycles. The Balaban J connectivity index is 2.12. The van der Waals surface area contributed by atoms with Gasteiger partial charge in [-0.3, -0.25) is 0 Å². The minimum absolute atomic E-state index is 0.0269. The van der Waals surface area contributed by atoms with E-state index in [1.807, 2.05) is 45.3 Å². The van der Waals surface area contributed by atoms with Crippen molar-refractivity contribution in [3.63, 3.8) is 0 Å². The Bertz CT molecular complexity index is 535. The van der Waals surface area contributed by atoms with Crippen LogP contribution in [0.4, 0.5) is 11.4 Å². The second kappa shape index (κ2) is 5.65. The lowest BCUT2D eigenvalue weighted by Crippen LogP contribution is -2.09. The highest BCUT2D eigenvalue weighted by atomic mass is 16.5. The number of rotatable bonds is 4. The van der Waals surface area contributed by atoms with Gasteiger partial charge in [0.05, 0.1) is 5.69 Å². The molecule has 0 bridgehead atoms. The van der Waals surface area contributed by atoms with E-state index < -0.39 is 0 Å². The van der Waals surface area contributed by atoms with E-state index in [9.17, 15) is 0 Å². The van der Waals surface area contributed by atoms with Crippen LogP contribution in [0, 0.1) is 0 Å². The number of hydrogen-bond acceptors (Lipinski definition) is 3. The van der Waals surface area contributed by atoms with Crippen molar-refractivity contribution in [2.75, 3.05) is 24.7 Å². The van der Waals surface area contributed by atoms with E-state index in [0.29, 0.717) is 5.69 Å². The highest BCUT2D eigenvalue weighted by Gasteiger charge is 2.09. The van der Waals surface area contributed by atoms with Crippen molar-refractivity contribution >= 4 is 11.4 Å². The molecule has 1 atom stereocenters. The first-order valence-corrected chi connectivity index (χ1v) is 6.36. The van der Waals surface area contributed by atoms with Crippen LogP contribution in [0.5, 0.6) is 5.75 Å². The molecule has 100 valence electrons. The summed E-state index contributed by atoms with van der Waals surface area (Å²) in [5.41, 5.74) is 8.85. The van der Waals surface area contributed by atoms with Gasteiger partial charge in [0.25, 0.3) is 0 Å². The van der Waals surface area contributed by atoms with Crippen LogP contribution in [-0.4, -0.2) is 14.1 Å². The van der Waals surface area contributed by atoms with Gasteiger partial charge in [0.1, 0.15) is 11.9 Å². The van der Waals surface area contributed by atoms with Gasteiger partial charge in [-0.15, -0.1) is 0 Å². The molecule has 3 nitrogen and oxygen atoms in total. The molecule has 0 amide bonds. The molecule has 0 aliphatic carbocycles. The van der Waals surface area contributed by atoms with Crippen LogP contribution >= 0.6 is 0 Å². The predicted molar refractivity (Wildman–Crippen MR) is 80.7 cm³/mol. The Morgan fingerprint density at radius 2 is 1.63 bits per heavy atom. The molecule has 2 aromatic rings. The van der Waals surface area contributed by atoms with E-state index in [2.05, 4.69) is 29.2 Å². The Labute approximate surface area is 114 Å². The Hall–Kier alpha value is -2.16. The van der Waals surface area contributed by atoms with Crippen LogP contribution < -0.4 is 15.4 Å². The van der Waals surface area contributed by atoms with Crippen LogP contribution in [-0.2, 0) is 0 Å². The molecular weight excluding hydrogens is 236 g/mol. The first-order valence-electron chi connectivity index (χ1n) is 6.36. The quantitative estimate of drug-likeness (QED) is 0.851. The van der Waals surface area contributed by atoms with Crippen molar-refractivity contribution in [3.05, 3.63) is 54.1 Å². The van der Waals surface area contributed by atoms with Gasteiger partial charge in [0.15, 0.2) is 0 Å². The van der Waals surface area contributed by atoms with Gasteiger partial charge in [0, 0.05) is 19.8 Å². The summed E-state index contributed by atoms with van der Waals surface area (Å²) in [6, 6.07) is 15.9. The van der Waals surface area contributed by atoms with Crippen LogP contribution in [0.3, 0.4) is 0 Å². The van der Waals surface area contributed by atoms with Gasteiger partial charge in [-0.05, 0) is 36.8 Å². The summed E-state index contributed by atoms with van der Waals surface area (Å²) < 4.78 is 5.89. The number of anilines is 2. The maximum Gasteiger partial charge on any atom is 0.143 e. The lowest BCUT2D eigenvalue weighted by atomic mass is 10.1. The zero-order valence-electron chi connectivity index (χ0n) is 11.6. The third-order valence-electron chi connectivity index (χ3n) is 3.10. The first-order chi connectivity index (χ1) is 9.08. The minimum atomic E-state index is -0.0269. The molecule has 0 fully saturated rings. The van der Waals surface area contributed by atoms with Gasteiger partial charge in [-0.1, -0.05) is 24.3 Å². The summed E-state index contributed by atoms with van der Waals surface area (Å²) in [6.45, 7) is 2.02. The fourth-order valence-electron chi connectivity index (χ4n) is 1.89. The van der Waals surface area contributed by atoms with E-state index in [1.165, 1.54) is 5.69 Å². The van der Waals surface area contributed by atoms with Crippen molar-refractivity contribution in [1.29, 1.82) is 0 Å². The minimum Gasteiger partial charge on any atom is -0.484 e. The summed E-state index contributed by atoms with van der Waals surface area (Å²) in [5.74, 6) is 0.728. The maximum atomic E-state index is 5.89. The molecule has 0 aromatic heterocycles. The van der Waals surface area contributed by atoms with Crippen molar-refractivity contribution in [2.45, 2.75) is 13.0 Å². The van der Waals surface area contributed by atoms with Crippen LogP contribution in [0.25, 0.3) is 0 Å². The highest BCUT2D eigenvalue weighted by Crippen LogP contribution is 2.27. The molecule has 0 aliphatic heterocycles. The lowest BCUT2D eigenvalue weighted by molar-refractivity contribution is 0.228. The molecule has 0 aliphatic rings. The monoisotopic (exact) mass is 256 g/mol. The molecule has 3 heteroatoms. The second-order valence-electron chi connectivity index (χ2n) is 4.78. The molecular formula is C16H20N2O. The fraction of sp³-hybridized carbons (Fsp3) is 0.250. The molecule has 19 heavy (non-hydrogen) atoms. The molecule has 0 spiro atoms. The number of nitrogens with two attached hydrogens (primary N) is 1. The van der Waals surface area contributed by atoms with E-state index in [0.717, 1.165) is 11.3 Å². The maximum absolute atomic E-state index is 5.89. The zero-order chi connectivity index (χ0) is 13.8. The molecule has 0 radical (unpaired) electrons. The molecule has 2 aromatic carbocycles. The Kier molecular flexibility index (Phi) is 3.95. The smallest absolute Gasteiger partial charge is 0.143 e. The van der Waals surface area contributed by atoms with Crippen molar-refractivity contribution < 1.29 is 4.74 Å². The van der Waals surface area contributed by atoms with Crippen molar-refractivity contribution in [3.8, 4) is 5.75 Å². The summed E-state index contributed by atoms with van der Waals surface area (Å²) >= 11 is 0. The number of nitrogen functional groups attached to an aromatic ring is 1. The summed E-state index contributed by atoms with van der Waals surface area (Å²) in [5, 5.41) is 0. The third-order valence-corrected chi connectivity index (χ3v) is 3.10. The number of para-hydroxylation sites is 2. The molecule has 2 rings (SSSR count). The molecule has 2 N–H and O–H groups in total. The van der Waals surface area contributed by atoms with Crippen LogP contribution in [0.1, 0.15) is 18.6 Å². The van der Waals surface area contributed by atoms with Gasteiger partial charge in [-0.25, -0.2) is 0 Å². The van der Waals surface area contributed by atoms with Crippen LogP contribution in [0.2, 0.25) is 0 Å². The van der Waals surface area contributed by atoms with E-state index in [4.69, 9.17) is 10.5 Å². The standard InChI is InChI=1S/C16H20N2O/c1-12(19-16-7-5-4-6-15(16)17)13-8-10-14(11-9-13)18(2)3/h4-12H,17H2,1-3H3. The van der Waals surface area contributed by atoms with Gasteiger partial charge in [-0.2, -0.15) is 0 Å². The zero-order valence-corrected chi connectivity index (χ0v) is 11.6. The molecule has 0 saturated heterocycles. The Morgan fingerprint density at radius 3 is 2.21 bits per heavy atom. The summed E-state index contributed by atoms with van der Waals surface area (Å²) in [6.07, 6.45) is -0.0269. The third kappa shape index (κ3) is 3.19. The number of benzene rings is 2. The number of hydrogen-bond donors (Lipinski definition) is 1. The van der Waals surface area contributed by atoms with Crippen molar-refractivity contribution in [2.24, 2.45) is 0 Å². The first kappa shape index (κ1) is 13.3. The normalized spacial score (nSPS) is 11.9. The number of nitrogens with zero attached hydrogens (tertiary/aromatic N) is 1. The van der Waals surface area contributed by atoms with Gasteiger partial charge in [0.2, 0.25) is 0 Å². The molecule has 0 heterocycles. The fourth-order valence-corrected chi connectivity index (χ4v) is 1.89. The lowest BCUT2D eigenvalue weighted by Gasteiger charge is -2.18. The van der Waals surface area contributed by atoms with Crippen LogP contribution in [0.15, 0.2) is 48.5 Å². The highest BCUT2D eigenvalue weighted by molar-refractivity contribution is 5.52. The largest absolute Gasteiger partial charge is 0.484 e. The SMILES string of the molecule is CC(Oc1ccccc1N)c1ccc(N(C)C)cc1. The van der Waals surface area contributed by atoms with Gasteiger partial charge >= 0.3 is 0 Å². The second-order valence-corrected chi connectivity index (χ2v) is 4.78. The predicted octanol–water partition coefficient (Wildman–Crippen LogP) is 3.47. The number of ether oxygens (including phenoxy) is 1. The van der Waals surface area contributed by atoms with Gasteiger partial charge < -0.3 is 15.4 Å². The summed E-state index contributed by atoms with van der Waals surface area (Å²) in [4.78, 5) is 2.07. The average Bonchev–Trinajstić information content (AvgIpc) is 2.41. The van der Waals surface area contributed by atoms with Crippen molar-refractivity contribution in [1.82, 2.24) is 0 Å². The van der Waals surface area contributed by atoms with E-state index in [1.54, 1.807) is 0 Å².